The summed E-state index contributed by atoms with van der Waals surface area (Å²) in [6.45, 7) is 2.88. The summed E-state index contributed by atoms with van der Waals surface area (Å²) in [4.78, 5) is 11.8. The minimum absolute atomic E-state index is 0.404. The van der Waals surface area contributed by atoms with Crippen LogP contribution >= 0.6 is 21.6 Å². The molecule has 0 rings (SSSR count). The van der Waals surface area contributed by atoms with Crippen molar-refractivity contribution in [2.75, 3.05) is 18.1 Å². The molecule has 2 N–H and O–H groups in total. The van der Waals surface area contributed by atoms with Crippen molar-refractivity contribution in [1.82, 2.24) is 0 Å². The Morgan fingerprint density at radius 1 is 0.690 bits per heavy atom. The van der Waals surface area contributed by atoms with Gasteiger partial charge in [-0.2, -0.15) is 0 Å². The van der Waals surface area contributed by atoms with Crippen molar-refractivity contribution in [3.63, 3.8) is 0 Å². The number of hydrogen-bond donors (Lipinski definition) is 1. The Hall–Kier alpha value is -0.970. The van der Waals surface area contributed by atoms with Crippen LogP contribution in [0.15, 0.2) is 60.8 Å². The predicted molar refractivity (Wildman–Crippen MR) is 137 cm³/mol. The molecule has 4 heteroatoms. The fourth-order valence-corrected chi connectivity index (χ4v) is 4.35. The van der Waals surface area contributed by atoms with Gasteiger partial charge in [0.15, 0.2) is 0 Å². The third-order valence-corrected chi connectivity index (χ3v) is 6.48. The van der Waals surface area contributed by atoms with E-state index in [1.54, 1.807) is 10.8 Å². The van der Waals surface area contributed by atoms with Crippen LogP contribution in [0.4, 0.5) is 0 Å². The Bertz CT molecular complexity index is 507. The van der Waals surface area contributed by atoms with Gasteiger partial charge in [0.1, 0.15) is 5.78 Å². The molecule has 0 radical (unpaired) electrons. The molecule has 2 nitrogen and oxygen atoms in total. The first kappa shape index (κ1) is 28.0. The number of allylic oxidation sites excluding steroid dienone is 10. The summed E-state index contributed by atoms with van der Waals surface area (Å²) in [6, 6.07) is 0. The number of ketones is 1. The van der Waals surface area contributed by atoms with Crippen LogP contribution in [0.2, 0.25) is 0 Å². The standard InChI is InChI=1S/C25H41NOS2/c1-2-3-4-5-6-7-8-9-10-11-12-13-14-15-16-17-18-20-25(27)21-19-23-28-29-24-22-26/h3-4,6-7,9-10,12-13,15-16H,2,5,8,11,14,17-24,26H2,1H3/b4-3-,7-6-,10-9-,13-12-,16-15-. The number of carbonyl (C=O) groups is 1. The molecule has 0 spiro atoms. The van der Waals surface area contributed by atoms with Gasteiger partial charge in [-0.25, -0.2) is 0 Å². The number of carbonyl (C=O) groups excluding carboxylic acids is 1. The van der Waals surface area contributed by atoms with Crippen molar-refractivity contribution < 1.29 is 4.79 Å². The summed E-state index contributed by atoms with van der Waals surface area (Å²) in [5, 5.41) is 0. The van der Waals surface area contributed by atoms with E-state index in [1.165, 1.54) is 0 Å². The van der Waals surface area contributed by atoms with Gasteiger partial charge in [-0.15, -0.1) is 0 Å². The molecule has 0 aliphatic heterocycles. The Morgan fingerprint density at radius 3 is 1.72 bits per heavy atom. The second-order valence-corrected chi connectivity index (χ2v) is 9.38. The fraction of sp³-hybridized carbons (Fsp3) is 0.560. The van der Waals surface area contributed by atoms with Gasteiger partial charge in [-0.3, -0.25) is 4.79 Å². The summed E-state index contributed by atoms with van der Waals surface area (Å²) in [7, 11) is 3.63. The smallest absolute Gasteiger partial charge is 0.132 e. The van der Waals surface area contributed by atoms with Gasteiger partial charge < -0.3 is 5.73 Å². The molecule has 0 unspecified atom stereocenters. The van der Waals surface area contributed by atoms with E-state index in [0.29, 0.717) is 5.78 Å². The number of nitrogens with two attached hydrogens (primary N) is 1. The van der Waals surface area contributed by atoms with Crippen molar-refractivity contribution in [2.24, 2.45) is 5.73 Å². The van der Waals surface area contributed by atoms with Crippen LogP contribution in [0.25, 0.3) is 0 Å². The van der Waals surface area contributed by atoms with E-state index < -0.39 is 0 Å². The summed E-state index contributed by atoms with van der Waals surface area (Å²) in [5.74, 6) is 2.44. The summed E-state index contributed by atoms with van der Waals surface area (Å²) in [6.07, 6.45) is 31.6. The molecule has 0 saturated carbocycles. The summed E-state index contributed by atoms with van der Waals surface area (Å²) >= 11 is 0. The van der Waals surface area contributed by atoms with E-state index in [0.717, 1.165) is 82.3 Å². The highest BCUT2D eigenvalue weighted by Gasteiger charge is 2.01. The number of Topliss-reactive ketones (excluding diaryl/α,β-unsaturated/α-hetero) is 1. The lowest BCUT2D eigenvalue weighted by molar-refractivity contribution is -0.119. The molecule has 0 heterocycles. The molecule has 0 amide bonds. The Balaban J connectivity index is 3.47. The van der Waals surface area contributed by atoms with Crippen molar-refractivity contribution in [3.05, 3.63) is 60.8 Å². The lowest BCUT2D eigenvalue weighted by Crippen LogP contribution is -2.00. The lowest BCUT2D eigenvalue weighted by atomic mass is 10.1. The minimum Gasteiger partial charge on any atom is -0.330 e. The molecule has 164 valence electrons. The maximum atomic E-state index is 11.8. The average molecular weight is 436 g/mol. The highest BCUT2D eigenvalue weighted by Crippen LogP contribution is 2.21. The first-order valence-corrected chi connectivity index (χ1v) is 13.5. The lowest BCUT2D eigenvalue weighted by Gasteiger charge is -2.00. The molecule has 0 aromatic rings. The van der Waals surface area contributed by atoms with Crippen LogP contribution in [0, 0.1) is 0 Å². The molecule has 0 aromatic heterocycles. The highest BCUT2D eigenvalue weighted by molar-refractivity contribution is 8.76. The zero-order valence-corrected chi connectivity index (χ0v) is 19.9. The Labute approximate surface area is 187 Å². The van der Waals surface area contributed by atoms with Crippen LogP contribution in [-0.2, 0) is 4.79 Å². The molecule has 0 aliphatic carbocycles. The van der Waals surface area contributed by atoms with Crippen LogP contribution < -0.4 is 5.73 Å². The van der Waals surface area contributed by atoms with E-state index in [-0.39, 0.29) is 0 Å². The Morgan fingerprint density at radius 2 is 1.17 bits per heavy atom. The maximum Gasteiger partial charge on any atom is 0.132 e. The van der Waals surface area contributed by atoms with Crippen LogP contribution in [0.5, 0.6) is 0 Å². The monoisotopic (exact) mass is 435 g/mol. The normalized spacial score (nSPS) is 12.6. The van der Waals surface area contributed by atoms with E-state index >= 15 is 0 Å². The largest absolute Gasteiger partial charge is 0.330 e. The zero-order chi connectivity index (χ0) is 21.3. The molecule has 0 aliphatic rings. The predicted octanol–water partition coefficient (Wildman–Crippen LogP) is 7.60. The molecule has 0 aromatic carbocycles. The van der Waals surface area contributed by atoms with Gasteiger partial charge in [0.2, 0.25) is 0 Å². The van der Waals surface area contributed by atoms with Gasteiger partial charge in [0, 0.05) is 30.9 Å². The second-order valence-electron chi connectivity index (χ2n) is 6.68. The zero-order valence-electron chi connectivity index (χ0n) is 18.3. The molecule has 0 saturated heterocycles. The average Bonchev–Trinajstić information content (AvgIpc) is 2.73. The van der Waals surface area contributed by atoms with Crippen molar-refractivity contribution in [1.29, 1.82) is 0 Å². The first-order chi connectivity index (χ1) is 14.3. The molecule has 0 atom stereocenters. The second kappa shape index (κ2) is 25.1. The van der Waals surface area contributed by atoms with Crippen molar-refractivity contribution in [3.8, 4) is 0 Å². The first-order valence-electron chi connectivity index (χ1n) is 11.0. The van der Waals surface area contributed by atoms with Crippen LogP contribution in [-0.4, -0.2) is 23.8 Å². The van der Waals surface area contributed by atoms with Crippen LogP contribution in [0.3, 0.4) is 0 Å². The fourth-order valence-electron chi connectivity index (χ4n) is 2.40. The SMILES string of the molecule is CC/C=C\C/C=C\C/C=C\C/C=C\C/C=C\CCCC(=O)CCCSSCCN. The van der Waals surface area contributed by atoms with Gasteiger partial charge in [0.25, 0.3) is 0 Å². The van der Waals surface area contributed by atoms with Gasteiger partial charge >= 0.3 is 0 Å². The van der Waals surface area contributed by atoms with E-state index in [2.05, 4.69) is 67.7 Å². The quantitative estimate of drug-likeness (QED) is 0.121. The molecular formula is C25H41NOS2. The van der Waals surface area contributed by atoms with Gasteiger partial charge in [0.05, 0.1) is 0 Å². The highest BCUT2D eigenvalue weighted by atomic mass is 33.1. The van der Waals surface area contributed by atoms with E-state index in [4.69, 9.17) is 5.73 Å². The van der Waals surface area contributed by atoms with E-state index in [1.807, 2.05) is 10.8 Å². The molecule has 0 bridgehead atoms. The minimum atomic E-state index is 0.404. The molecular weight excluding hydrogens is 394 g/mol. The number of unbranched alkanes of at least 4 members (excludes halogenated alkanes) is 1. The molecule has 0 fully saturated rings. The maximum absolute atomic E-state index is 11.8. The van der Waals surface area contributed by atoms with Crippen molar-refractivity contribution in [2.45, 2.75) is 71.1 Å². The third-order valence-electron chi connectivity index (χ3n) is 3.95. The van der Waals surface area contributed by atoms with Crippen LogP contribution in [0.1, 0.15) is 71.1 Å². The summed E-state index contributed by atoms with van der Waals surface area (Å²) in [5.41, 5.74) is 5.44. The van der Waals surface area contributed by atoms with E-state index in [9.17, 15) is 4.79 Å². The summed E-state index contributed by atoms with van der Waals surface area (Å²) < 4.78 is 0. The van der Waals surface area contributed by atoms with Crippen molar-refractivity contribution >= 4 is 27.4 Å². The Kier molecular flexibility index (Phi) is 24.2. The van der Waals surface area contributed by atoms with Gasteiger partial charge in [-0.05, 0) is 51.4 Å². The number of rotatable bonds is 20. The molecule has 29 heavy (non-hydrogen) atoms. The van der Waals surface area contributed by atoms with Gasteiger partial charge in [-0.1, -0.05) is 89.3 Å². The topological polar surface area (TPSA) is 43.1 Å². The third kappa shape index (κ3) is 25.0. The number of hydrogen-bond acceptors (Lipinski definition) is 4.